The van der Waals surface area contributed by atoms with Crippen molar-refractivity contribution in [2.45, 2.75) is 18.6 Å². The van der Waals surface area contributed by atoms with Gasteiger partial charge in [-0.15, -0.1) is 0 Å². The van der Waals surface area contributed by atoms with Crippen molar-refractivity contribution in [1.82, 2.24) is 4.90 Å². The lowest BCUT2D eigenvalue weighted by Crippen LogP contribution is -2.61. The van der Waals surface area contributed by atoms with Crippen LogP contribution >= 0.6 is 0 Å². The highest BCUT2D eigenvalue weighted by Gasteiger charge is 2.50. The lowest BCUT2D eigenvalue weighted by atomic mass is 9.89. The summed E-state index contributed by atoms with van der Waals surface area (Å²) in [5.41, 5.74) is 1.57. The molecule has 1 aliphatic heterocycles. The maximum absolute atomic E-state index is 13.1. The molecule has 0 spiro atoms. The first-order chi connectivity index (χ1) is 16.9. The summed E-state index contributed by atoms with van der Waals surface area (Å²) in [5, 5.41) is 11.3. The summed E-state index contributed by atoms with van der Waals surface area (Å²) >= 11 is 0. The second-order valence-electron chi connectivity index (χ2n) is 7.98. The van der Waals surface area contributed by atoms with E-state index in [2.05, 4.69) is 0 Å². The summed E-state index contributed by atoms with van der Waals surface area (Å²) in [6, 6.07) is 18.4. The Balaban J connectivity index is 1.57. The van der Waals surface area contributed by atoms with E-state index in [0.717, 1.165) is 5.56 Å². The molecule has 0 bridgehead atoms. The Morgan fingerprint density at radius 2 is 1.60 bits per heavy atom. The molecule has 1 heterocycles. The smallest absolute Gasteiger partial charge is 0.269 e. The van der Waals surface area contributed by atoms with E-state index in [1.165, 1.54) is 12.1 Å². The number of carbonyl (C=O) groups is 1. The van der Waals surface area contributed by atoms with Gasteiger partial charge in [0.05, 0.1) is 26.3 Å². The highest BCUT2D eigenvalue weighted by atomic mass is 16.6. The number of β-lactam (4-membered cyclic amide) rings is 1. The monoisotopic (exact) mass is 478 g/mol. The zero-order valence-electron chi connectivity index (χ0n) is 19.7. The first kappa shape index (κ1) is 23.9. The molecule has 2 atom stereocenters. The lowest BCUT2D eigenvalue weighted by molar-refractivity contribution is -0.385. The van der Waals surface area contributed by atoms with Gasteiger partial charge in [-0.2, -0.15) is 0 Å². The number of likely N-dealkylation sites (tertiary alicyclic amines) is 1. The zero-order valence-corrected chi connectivity index (χ0v) is 19.7. The van der Waals surface area contributed by atoms with Gasteiger partial charge in [-0.3, -0.25) is 14.9 Å². The topological polar surface area (TPSA) is 100 Å². The number of non-ortho nitro benzene ring substituents is 1. The number of rotatable bonds is 10. The quantitative estimate of drug-likeness (QED) is 0.245. The van der Waals surface area contributed by atoms with E-state index in [1.54, 1.807) is 62.6 Å². The molecule has 2 unspecified atom stereocenters. The van der Waals surface area contributed by atoms with Crippen LogP contribution < -0.4 is 18.9 Å². The second kappa shape index (κ2) is 10.3. The fourth-order valence-corrected chi connectivity index (χ4v) is 4.14. The van der Waals surface area contributed by atoms with E-state index >= 15 is 0 Å². The molecule has 0 N–H and O–H groups in total. The molecule has 1 aliphatic rings. The van der Waals surface area contributed by atoms with Crippen LogP contribution in [0.3, 0.4) is 0 Å². The maximum atomic E-state index is 13.1. The van der Waals surface area contributed by atoms with Crippen LogP contribution in [-0.4, -0.2) is 49.7 Å². The Labute approximate surface area is 202 Å². The minimum absolute atomic E-state index is 0.0371. The molecule has 0 aliphatic carbocycles. The number of nitrogens with zero attached hydrogens (tertiary/aromatic N) is 2. The van der Waals surface area contributed by atoms with Crippen molar-refractivity contribution in [2.75, 3.05) is 27.9 Å². The largest absolute Gasteiger partial charge is 0.497 e. The first-order valence-corrected chi connectivity index (χ1v) is 11.0. The number of ether oxygens (including phenoxy) is 4. The third-order valence-electron chi connectivity index (χ3n) is 5.98. The fraction of sp³-hybridized carbons (Fsp3) is 0.269. The van der Waals surface area contributed by atoms with Crippen LogP contribution in [0, 0.1) is 10.1 Å². The van der Waals surface area contributed by atoms with Crippen molar-refractivity contribution < 1.29 is 28.7 Å². The third-order valence-corrected chi connectivity index (χ3v) is 5.98. The van der Waals surface area contributed by atoms with Crippen LogP contribution in [-0.2, 0) is 11.2 Å². The average molecular weight is 479 g/mol. The molecule has 9 nitrogen and oxygen atoms in total. The Morgan fingerprint density at radius 1 is 0.886 bits per heavy atom. The summed E-state index contributed by atoms with van der Waals surface area (Å²) in [6.45, 7) is 0.407. The van der Waals surface area contributed by atoms with Crippen LogP contribution in [0.4, 0.5) is 5.69 Å². The van der Waals surface area contributed by atoms with Crippen molar-refractivity contribution in [1.29, 1.82) is 0 Å². The highest BCUT2D eigenvalue weighted by Crippen LogP contribution is 2.39. The number of carbonyl (C=O) groups excluding carboxylic acids is 1. The van der Waals surface area contributed by atoms with Crippen molar-refractivity contribution in [3.05, 3.63) is 88.0 Å². The predicted octanol–water partition coefficient (Wildman–Crippen LogP) is 4.19. The molecule has 3 aromatic carbocycles. The van der Waals surface area contributed by atoms with Gasteiger partial charge in [-0.1, -0.05) is 18.2 Å². The normalized spacial score (nSPS) is 16.9. The Bertz CT molecular complexity index is 1210. The van der Waals surface area contributed by atoms with Crippen molar-refractivity contribution in [3.8, 4) is 23.0 Å². The maximum Gasteiger partial charge on any atom is 0.269 e. The van der Waals surface area contributed by atoms with E-state index in [9.17, 15) is 14.9 Å². The van der Waals surface area contributed by atoms with Gasteiger partial charge in [0.15, 0.2) is 11.5 Å². The zero-order chi connectivity index (χ0) is 24.9. The molecule has 3 aromatic rings. The Morgan fingerprint density at radius 3 is 2.26 bits per heavy atom. The van der Waals surface area contributed by atoms with Gasteiger partial charge in [-0.25, -0.2) is 0 Å². The number of amides is 1. The molecule has 9 heteroatoms. The molecule has 1 saturated heterocycles. The molecule has 1 amide bonds. The van der Waals surface area contributed by atoms with Gasteiger partial charge < -0.3 is 23.8 Å². The summed E-state index contributed by atoms with van der Waals surface area (Å²) in [4.78, 5) is 25.7. The standard InChI is InChI=1S/C26H26N2O7/c1-32-20-8-10-21(11-9-20)35-25-24(18-5-4-6-19(16-18)28(30)31)27(26(25)29)14-13-17-7-12-22(33-2)23(15-17)34-3/h4-12,15-16,24-25H,13-14H2,1-3H3. The number of nitro groups is 1. The van der Waals surface area contributed by atoms with Gasteiger partial charge >= 0.3 is 0 Å². The minimum atomic E-state index is -0.796. The van der Waals surface area contributed by atoms with Crippen molar-refractivity contribution >= 4 is 11.6 Å². The summed E-state index contributed by atoms with van der Waals surface area (Å²) in [5.74, 6) is 2.23. The molecule has 1 fully saturated rings. The van der Waals surface area contributed by atoms with E-state index in [-0.39, 0.29) is 11.6 Å². The fourth-order valence-electron chi connectivity index (χ4n) is 4.14. The lowest BCUT2D eigenvalue weighted by Gasteiger charge is -2.46. The predicted molar refractivity (Wildman–Crippen MR) is 128 cm³/mol. The molecule has 0 aromatic heterocycles. The van der Waals surface area contributed by atoms with E-state index in [1.807, 2.05) is 18.2 Å². The number of methoxy groups -OCH3 is 3. The van der Waals surface area contributed by atoms with E-state index in [0.29, 0.717) is 41.5 Å². The number of hydrogen-bond donors (Lipinski definition) is 0. The minimum Gasteiger partial charge on any atom is -0.497 e. The summed E-state index contributed by atoms with van der Waals surface area (Å²) in [7, 11) is 4.71. The molecule has 182 valence electrons. The average Bonchev–Trinajstić information content (AvgIpc) is 2.89. The molecule has 0 saturated carbocycles. The second-order valence-corrected chi connectivity index (χ2v) is 7.98. The van der Waals surface area contributed by atoms with Crippen LogP contribution in [0.2, 0.25) is 0 Å². The molecule has 0 radical (unpaired) electrons. The molecule has 4 rings (SSSR count). The third kappa shape index (κ3) is 4.98. The SMILES string of the molecule is COc1ccc(OC2C(=O)N(CCc3ccc(OC)c(OC)c3)C2c2cccc([N+](=O)[O-])c2)cc1. The number of benzene rings is 3. The van der Waals surface area contributed by atoms with Crippen molar-refractivity contribution in [3.63, 3.8) is 0 Å². The summed E-state index contributed by atoms with van der Waals surface area (Å²) < 4.78 is 21.9. The van der Waals surface area contributed by atoms with Gasteiger partial charge in [0.2, 0.25) is 6.10 Å². The van der Waals surface area contributed by atoms with Gasteiger partial charge in [-0.05, 0) is 53.9 Å². The van der Waals surface area contributed by atoms with Crippen LogP contribution in [0.25, 0.3) is 0 Å². The number of hydrogen-bond acceptors (Lipinski definition) is 7. The van der Waals surface area contributed by atoms with Crippen LogP contribution in [0.15, 0.2) is 66.7 Å². The first-order valence-electron chi connectivity index (χ1n) is 11.0. The van der Waals surface area contributed by atoms with Gasteiger partial charge in [0.25, 0.3) is 11.6 Å². The Hall–Kier alpha value is -4.27. The molecular weight excluding hydrogens is 452 g/mol. The molecule has 35 heavy (non-hydrogen) atoms. The number of nitro benzene ring substituents is 1. The van der Waals surface area contributed by atoms with Gasteiger partial charge in [0, 0.05) is 18.7 Å². The van der Waals surface area contributed by atoms with E-state index < -0.39 is 17.1 Å². The highest BCUT2D eigenvalue weighted by molar-refractivity contribution is 5.89. The van der Waals surface area contributed by atoms with Crippen LogP contribution in [0.1, 0.15) is 17.2 Å². The van der Waals surface area contributed by atoms with Gasteiger partial charge in [0.1, 0.15) is 17.5 Å². The van der Waals surface area contributed by atoms with E-state index in [4.69, 9.17) is 18.9 Å². The summed E-state index contributed by atoms with van der Waals surface area (Å²) in [6.07, 6.45) is -0.233. The van der Waals surface area contributed by atoms with Crippen LogP contribution in [0.5, 0.6) is 23.0 Å². The molecular formula is C26H26N2O7. The Kier molecular flexibility index (Phi) is 7.05. The van der Waals surface area contributed by atoms with Crippen molar-refractivity contribution in [2.24, 2.45) is 0 Å².